The summed E-state index contributed by atoms with van der Waals surface area (Å²) in [4.78, 5) is 30.6. The molecule has 7 nitrogen and oxygen atoms in total. The van der Waals surface area contributed by atoms with Crippen LogP contribution in [0.2, 0.25) is 0 Å². The smallest absolute Gasteiger partial charge is 0.303 e. The van der Waals surface area contributed by atoms with Crippen LogP contribution in [0.15, 0.2) is 0 Å². The van der Waals surface area contributed by atoms with Crippen molar-refractivity contribution in [2.24, 2.45) is 0 Å². The first-order chi connectivity index (χ1) is 22.7. The molecule has 0 fully saturated rings. The molecular formula is C40H82O7Zr. The summed E-state index contributed by atoms with van der Waals surface area (Å²) in [6.45, 7) is 9.08. The predicted molar refractivity (Wildman–Crippen MR) is 200 cm³/mol. The van der Waals surface area contributed by atoms with Crippen molar-refractivity contribution in [1.82, 2.24) is 0 Å². The fourth-order valence-electron chi connectivity index (χ4n) is 4.92. The van der Waals surface area contributed by atoms with Crippen LogP contribution in [0.25, 0.3) is 0 Å². The number of carboxylic acids is 3. The number of aliphatic carboxylic acids is 3. The summed E-state index contributed by atoms with van der Waals surface area (Å²) >= 11 is 0. The molecule has 0 aromatic heterocycles. The molecule has 8 heteroatoms. The Balaban J connectivity index is -0.000000178. The fraction of sp³-hybridized carbons (Fsp3) is 0.925. The van der Waals surface area contributed by atoms with Gasteiger partial charge in [0, 0.05) is 52.1 Å². The Kier molecular flexibility index (Phi) is 65.7. The summed E-state index contributed by atoms with van der Waals surface area (Å²) in [5.41, 5.74) is 0. The van der Waals surface area contributed by atoms with Crippen molar-refractivity contribution in [2.75, 3.05) is 6.61 Å². The van der Waals surface area contributed by atoms with E-state index in [1.807, 2.05) is 0 Å². The van der Waals surface area contributed by atoms with Gasteiger partial charge in [-0.25, -0.2) is 0 Å². The Labute approximate surface area is 317 Å². The molecule has 0 spiro atoms. The van der Waals surface area contributed by atoms with Crippen molar-refractivity contribution in [3.05, 3.63) is 0 Å². The van der Waals surface area contributed by atoms with Gasteiger partial charge >= 0.3 is 17.9 Å². The summed E-state index contributed by atoms with van der Waals surface area (Å²) in [5.74, 6) is -1.98. The number of rotatable bonds is 32. The van der Waals surface area contributed by atoms with Crippen LogP contribution in [-0.4, -0.2) is 44.9 Å². The summed E-state index contributed by atoms with van der Waals surface area (Å²) < 4.78 is 0. The normalized spacial score (nSPS) is 9.94. The summed E-state index contributed by atoms with van der Waals surface area (Å²) in [7, 11) is 0. The molecular weight excluding hydrogens is 684 g/mol. The van der Waals surface area contributed by atoms with E-state index in [9.17, 15) is 14.4 Å². The second-order valence-corrected chi connectivity index (χ2v) is 13.0. The van der Waals surface area contributed by atoms with Gasteiger partial charge in [-0.3, -0.25) is 14.4 Å². The zero-order chi connectivity index (χ0) is 36.1. The first-order valence-corrected chi connectivity index (χ1v) is 20.0. The Hall–Kier alpha value is -0.747. The van der Waals surface area contributed by atoms with Gasteiger partial charge in [0.2, 0.25) is 0 Å². The van der Waals surface area contributed by atoms with E-state index in [-0.39, 0.29) is 26.2 Å². The van der Waals surface area contributed by atoms with Crippen molar-refractivity contribution in [1.29, 1.82) is 0 Å². The maximum atomic E-state index is 10.2. The largest absolute Gasteiger partial charge is 0.481 e. The van der Waals surface area contributed by atoms with Crippen LogP contribution in [0, 0.1) is 0 Å². The minimum absolute atomic E-state index is 0. The van der Waals surface area contributed by atoms with E-state index in [1.54, 1.807) is 0 Å². The number of hydrogen-bond acceptors (Lipinski definition) is 4. The van der Waals surface area contributed by atoms with Gasteiger partial charge in [-0.05, 0) is 25.7 Å². The number of carboxylic acid groups (broad SMARTS) is 3. The Bertz CT molecular complexity index is 524. The molecule has 0 aromatic rings. The molecule has 0 heterocycles. The molecule has 0 rings (SSSR count). The van der Waals surface area contributed by atoms with Gasteiger partial charge in [0.25, 0.3) is 0 Å². The van der Waals surface area contributed by atoms with Crippen LogP contribution in [0.1, 0.15) is 233 Å². The first-order valence-electron chi connectivity index (χ1n) is 20.0. The van der Waals surface area contributed by atoms with Gasteiger partial charge in [0.15, 0.2) is 0 Å². The number of hydrogen-bond donors (Lipinski definition) is 4. The van der Waals surface area contributed by atoms with Crippen molar-refractivity contribution in [3.8, 4) is 0 Å². The molecule has 0 aliphatic heterocycles. The molecule has 0 bridgehead atoms. The monoisotopic (exact) mass is 765 g/mol. The van der Waals surface area contributed by atoms with Gasteiger partial charge in [-0.2, -0.15) is 0 Å². The molecule has 0 radical (unpaired) electrons. The molecule has 0 aliphatic rings. The molecule has 0 amide bonds. The Morgan fingerprint density at radius 3 is 0.604 bits per heavy atom. The third kappa shape index (κ3) is 75.5. The third-order valence-electron chi connectivity index (χ3n) is 7.99. The van der Waals surface area contributed by atoms with Crippen LogP contribution in [0.3, 0.4) is 0 Å². The van der Waals surface area contributed by atoms with Crippen LogP contribution >= 0.6 is 0 Å². The van der Waals surface area contributed by atoms with E-state index < -0.39 is 17.9 Å². The van der Waals surface area contributed by atoms with Gasteiger partial charge < -0.3 is 20.4 Å². The van der Waals surface area contributed by atoms with Crippen molar-refractivity contribution in [3.63, 3.8) is 0 Å². The quantitative estimate of drug-likeness (QED) is 0.0501. The molecule has 0 saturated heterocycles. The van der Waals surface area contributed by atoms with Crippen LogP contribution in [0.4, 0.5) is 0 Å². The minimum atomic E-state index is -0.659. The fourth-order valence-corrected chi connectivity index (χ4v) is 4.92. The number of aliphatic hydroxyl groups is 1. The van der Waals surface area contributed by atoms with E-state index in [4.69, 9.17) is 20.4 Å². The van der Waals surface area contributed by atoms with Crippen molar-refractivity contribution >= 4 is 17.9 Å². The second-order valence-electron chi connectivity index (χ2n) is 13.0. The number of unbranched alkanes of at least 4 members (excludes halogenated alkanes) is 25. The summed E-state index contributed by atoms with van der Waals surface area (Å²) in [6.07, 6.45) is 36.5. The minimum Gasteiger partial charge on any atom is -0.481 e. The zero-order valence-electron chi connectivity index (χ0n) is 32.3. The average Bonchev–Trinajstić information content (AvgIpc) is 3.03. The van der Waals surface area contributed by atoms with E-state index in [0.29, 0.717) is 25.9 Å². The van der Waals surface area contributed by atoms with Crippen LogP contribution < -0.4 is 0 Å². The molecule has 4 N–H and O–H groups in total. The predicted octanol–water partition coefficient (Wildman–Crippen LogP) is 12.8. The maximum absolute atomic E-state index is 10.2. The molecule has 0 unspecified atom stereocenters. The average molecular weight is 766 g/mol. The Morgan fingerprint density at radius 1 is 0.312 bits per heavy atom. The van der Waals surface area contributed by atoms with Gasteiger partial charge in [-0.15, -0.1) is 0 Å². The van der Waals surface area contributed by atoms with Gasteiger partial charge in [0.05, 0.1) is 0 Å². The molecule has 288 valence electrons. The van der Waals surface area contributed by atoms with E-state index in [1.165, 1.54) is 135 Å². The van der Waals surface area contributed by atoms with E-state index in [0.717, 1.165) is 51.4 Å². The van der Waals surface area contributed by atoms with Crippen molar-refractivity contribution < 1.29 is 61.0 Å². The second kappa shape index (κ2) is 55.7. The van der Waals surface area contributed by atoms with Gasteiger partial charge in [0.1, 0.15) is 0 Å². The molecule has 48 heavy (non-hydrogen) atoms. The molecule has 0 saturated carbocycles. The summed E-state index contributed by atoms with van der Waals surface area (Å²) in [6, 6.07) is 0. The molecule has 0 atom stereocenters. The topological polar surface area (TPSA) is 132 Å². The molecule has 0 aliphatic carbocycles. The maximum Gasteiger partial charge on any atom is 0.303 e. The number of aliphatic hydroxyl groups excluding tert-OH is 1. The SMILES string of the molecule is CCCCCCCCCCCC(=O)O.CCCCCCCCCCCC(=O)O.CCCCCCCCCCCC(=O)O.CCCCO.[Zr]. The molecule has 0 aromatic carbocycles. The van der Waals surface area contributed by atoms with Crippen LogP contribution in [-0.2, 0) is 40.6 Å². The standard InChI is InChI=1S/3C12H24O2.C4H10O.Zr/c3*1-2-3-4-5-6-7-8-9-10-11-12(13)14;1-2-3-4-5;/h3*2-11H2,1H3,(H,13,14);5H,2-4H2,1H3;. The van der Waals surface area contributed by atoms with Gasteiger partial charge in [-0.1, -0.05) is 188 Å². The van der Waals surface area contributed by atoms with Crippen LogP contribution in [0.5, 0.6) is 0 Å². The zero-order valence-corrected chi connectivity index (χ0v) is 34.8. The third-order valence-corrected chi connectivity index (χ3v) is 7.99. The van der Waals surface area contributed by atoms with E-state index >= 15 is 0 Å². The number of carbonyl (C=O) groups is 3. The first kappa shape index (κ1) is 56.6. The van der Waals surface area contributed by atoms with E-state index in [2.05, 4.69) is 27.7 Å². The van der Waals surface area contributed by atoms with Crippen molar-refractivity contribution in [2.45, 2.75) is 233 Å². The Morgan fingerprint density at radius 2 is 0.479 bits per heavy atom. The summed E-state index contributed by atoms with van der Waals surface area (Å²) in [5, 5.41) is 33.3.